The first kappa shape index (κ1) is 32.0. The average molecular weight is 590 g/mol. The van der Waals surface area contributed by atoms with Gasteiger partial charge in [0, 0.05) is 44.1 Å². The van der Waals surface area contributed by atoms with Crippen molar-refractivity contribution >= 4 is 17.4 Å². The molecule has 0 aliphatic carbocycles. The molecule has 1 atom stereocenters. The van der Waals surface area contributed by atoms with Crippen molar-refractivity contribution in [1.29, 1.82) is 5.41 Å². The van der Waals surface area contributed by atoms with Crippen LogP contribution in [-0.4, -0.2) is 70.2 Å². The number of methoxy groups -OCH3 is 1. The largest absolute Gasteiger partial charge is 0.496 e. The number of pyridine rings is 1. The highest BCUT2D eigenvalue weighted by Gasteiger charge is 2.34. The number of rotatable bonds is 15. The topological polar surface area (TPSA) is 142 Å². The number of nitrogens with one attached hydrogen (secondary N) is 2. The maximum atomic E-state index is 13.2. The summed E-state index contributed by atoms with van der Waals surface area (Å²) in [5.41, 5.74) is 1.21. The van der Waals surface area contributed by atoms with E-state index in [9.17, 15) is 14.7 Å². The van der Waals surface area contributed by atoms with Crippen LogP contribution in [0.4, 0.5) is 0 Å². The molecular weight excluding hydrogens is 546 g/mol. The second-order valence-electron chi connectivity index (χ2n) is 11.4. The Bertz CT molecular complexity index is 1380. The first-order valence-corrected chi connectivity index (χ1v) is 15.1. The lowest BCUT2D eigenvalue weighted by atomic mass is 9.86. The van der Waals surface area contributed by atoms with E-state index in [2.05, 4.69) is 20.2 Å². The van der Waals surface area contributed by atoms with Crippen LogP contribution < -0.4 is 10.1 Å². The van der Waals surface area contributed by atoms with Crippen LogP contribution in [0.1, 0.15) is 76.6 Å². The molecule has 1 aliphatic heterocycles. The summed E-state index contributed by atoms with van der Waals surface area (Å²) in [6.45, 7) is 3.31. The molecule has 10 nitrogen and oxygen atoms in total. The number of hydrogen-bond acceptors (Lipinski definition) is 9. The molecule has 3 N–H and O–H groups in total. The molecule has 1 aromatic carbocycles. The van der Waals surface area contributed by atoms with Crippen molar-refractivity contribution in [3.05, 3.63) is 54.7 Å². The number of oxazole rings is 1. The second kappa shape index (κ2) is 15.0. The Morgan fingerprint density at radius 2 is 1.95 bits per heavy atom. The molecule has 10 heteroatoms. The van der Waals surface area contributed by atoms with Crippen molar-refractivity contribution in [2.75, 3.05) is 27.2 Å². The standard InChI is InChI=1S/C33H43N5O5/c1-4-24(39)10-6-5-7-12-28(37-31(40)26(34)21-33(41)15-18-38(2)19-16-33)32-36-22-30(43-32)25-14-13-23(20-29(25)42-3)27-11-8-9-17-35-27/h8-9,11,13-14,17,20,22,28,34,41H,4-7,10,12,15-16,18-19,21H2,1-3H3,(H,37,40)/t28-/m0/s1. The number of ether oxygens (including phenoxy) is 1. The van der Waals surface area contributed by atoms with E-state index in [0.29, 0.717) is 55.1 Å². The predicted octanol–water partition coefficient (Wildman–Crippen LogP) is 5.37. The number of amides is 1. The van der Waals surface area contributed by atoms with E-state index >= 15 is 0 Å². The van der Waals surface area contributed by atoms with Gasteiger partial charge in [0.1, 0.15) is 17.6 Å². The van der Waals surface area contributed by atoms with Crippen molar-refractivity contribution in [3.63, 3.8) is 0 Å². The number of aromatic nitrogens is 2. The Balaban J connectivity index is 1.49. The zero-order valence-electron chi connectivity index (χ0n) is 25.4. The SMILES string of the molecule is CCC(=O)CCCCC[C@H](NC(=O)C(=N)CC1(O)CCN(C)CC1)c1ncc(-c2ccc(-c3ccccn3)cc2OC)o1. The molecule has 0 spiro atoms. The van der Waals surface area contributed by atoms with Crippen molar-refractivity contribution in [2.24, 2.45) is 0 Å². The van der Waals surface area contributed by atoms with Gasteiger partial charge in [-0.15, -0.1) is 0 Å². The molecule has 1 amide bonds. The average Bonchev–Trinajstić information content (AvgIpc) is 3.51. The van der Waals surface area contributed by atoms with E-state index in [4.69, 9.17) is 14.6 Å². The molecule has 230 valence electrons. The van der Waals surface area contributed by atoms with Gasteiger partial charge >= 0.3 is 0 Å². The summed E-state index contributed by atoms with van der Waals surface area (Å²) in [6.07, 6.45) is 8.33. The smallest absolute Gasteiger partial charge is 0.265 e. The Labute approximate surface area is 253 Å². The Morgan fingerprint density at radius 3 is 2.65 bits per heavy atom. The maximum Gasteiger partial charge on any atom is 0.265 e. The number of nitrogens with zero attached hydrogens (tertiary/aromatic N) is 3. The van der Waals surface area contributed by atoms with Gasteiger partial charge in [-0.2, -0.15) is 0 Å². The third-order valence-corrected chi connectivity index (χ3v) is 8.10. The van der Waals surface area contributed by atoms with Gasteiger partial charge < -0.3 is 24.5 Å². The third-order valence-electron chi connectivity index (χ3n) is 8.10. The molecule has 0 radical (unpaired) electrons. The van der Waals surface area contributed by atoms with Gasteiger partial charge in [-0.25, -0.2) is 4.98 Å². The molecule has 3 heterocycles. The van der Waals surface area contributed by atoms with Crippen molar-refractivity contribution in [1.82, 2.24) is 20.2 Å². The molecular formula is C33H43N5O5. The summed E-state index contributed by atoms with van der Waals surface area (Å²) in [4.78, 5) is 35.9. The lowest BCUT2D eigenvalue weighted by Gasteiger charge is -2.36. The molecule has 4 rings (SSSR count). The van der Waals surface area contributed by atoms with E-state index < -0.39 is 17.6 Å². The minimum atomic E-state index is -1.06. The molecule has 2 aromatic heterocycles. The fourth-order valence-electron chi connectivity index (χ4n) is 5.31. The van der Waals surface area contributed by atoms with Crippen LogP contribution >= 0.6 is 0 Å². The summed E-state index contributed by atoms with van der Waals surface area (Å²) in [6, 6.07) is 10.9. The number of carbonyl (C=O) groups is 2. The Hall–Kier alpha value is -3.89. The van der Waals surface area contributed by atoms with Crippen LogP contribution in [0.3, 0.4) is 0 Å². The number of ketones is 1. The lowest BCUT2D eigenvalue weighted by molar-refractivity contribution is -0.119. The van der Waals surface area contributed by atoms with Crippen LogP contribution in [0.25, 0.3) is 22.6 Å². The number of hydrogen-bond donors (Lipinski definition) is 3. The quantitative estimate of drug-likeness (QED) is 0.159. The third kappa shape index (κ3) is 8.81. The van der Waals surface area contributed by atoms with E-state index in [1.54, 1.807) is 19.5 Å². The van der Waals surface area contributed by atoms with Crippen molar-refractivity contribution in [3.8, 4) is 28.3 Å². The summed E-state index contributed by atoms with van der Waals surface area (Å²) in [7, 11) is 3.59. The van der Waals surface area contributed by atoms with Crippen molar-refractivity contribution < 1.29 is 23.8 Å². The zero-order valence-corrected chi connectivity index (χ0v) is 25.4. The predicted molar refractivity (Wildman–Crippen MR) is 165 cm³/mol. The molecule has 3 aromatic rings. The number of piperidine rings is 1. The van der Waals surface area contributed by atoms with Crippen LogP contribution in [0, 0.1) is 5.41 Å². The molecule has 43 heavy (non-hydrogen) atoms. The van der Waals surface area contributed by atoms with E-state index in [1.165, 1.54) is 0 Å². The van der Waals surface area contributed by atoms with E-state index in [1.807, 2.05) is 50.4 Å². The van der Waals surface area contributed by atoms with Gasteiger partial charge in [0.2, 0.25) is 5.89 Å². The van der Waals surface area contributed by atoms with Crippen LogP contribution in [-0.2, 0) is 9.59 Å². The van der Waals surface area contributed by atoms with Gasteiger partial charge in [-0.05, 0) is 57.0 Å². The van der Waals surface area contributed by atoms with Gasteiger partial charge in [0.15, 0.2) is 5.76 Å². The first-order chi connectivity index (χ1) is 20.7. The number of benzene rings is 1. The summed E-state index contributed by atoms with van der Waals surface area (Å²) < 4.78 is 11.9. The van der Waals surface area contributed by atoms with E-state index in [0.717, 1.165) is 43.6 Å². The fourth-order valence-corrected chi connectivity index (χ4v) is 5.31. The Kier molecular flexibility index (Phi) is 11.2. The monoisotopic (exact) mass is 589 g/mol. The minimum Gasteiger partial charge on any atom is -0.496 e. The minimum absolute atomic E-state index is 0.00479. The van der Waals surface area contributed by atoms with Gasteiger partial charge in [-0.1, -0.05) is 31.9 Å². The maximum absolute atomic E-state index is 13.2. The fraction of sp³-hybridized carbons (Fsp3) is 0.485. The molecule has 0 unspecified atom stereocenters. The number of Topliss-reactive ketones (excluding diaryl/α,β-unsaturated/α-hetero) is 1. The number of aliphatic hydroxyl groups is 1. The molecule has 1 fully saturated rings. The highest BCUT2D eigenvalue weighted by atomic mass is 16.5. The van der Waals surface area contributed by atoms with Gasteiger partial charge in [0.05, 0.1) is 35.9 Å². The van der Waals surface area contributed by atoms with E-state index in [-0.39, 0.29) is 17.9 Å². The van der Waals surface area contributed by atoms with Crippen LogP contribution in [0.5, 0.6) is 5.75 Å². The summed E-state index contributed by atoms with van der Waals surface area (Å²) in [5.74, 6) is 1.11. The first-order valence-electron chi connectivity index (χ1n) is 15.1. The molecule has 0 saturated carbocycles. The summed E-state index contributed by atoms with van der Waals surface area (Å²) >= 11 is 0. The van der Waals surface area contributed by atoms with Crippen LogP contribution in [0.2, 0.25) is 0 Å². The normalized spacial score (nSPS) is 15.5. The summed E-state index contributed by atoms with van der Waals surface area (Å²) in [5, 5.41) is 22.4. The molecule has 1 saturated heterocycles. The van der Waals surface area contributed by atoms with Crippen molar-refractivity contribution in [2.45, 2.75) is 76.4 Å². The zero-order chi connectivity index (χ0) is 30.8. The highest BCUT2D eigenvalue weighted by Crippen LogP contribution is 2.35. The number of unbranched alkanes of at least 4 members (excludes halogenated alkanes) is 2. The lowest BCUT2D eigenvalue weighted by Crippen LogP contribution is -2.46. The second-order valence-corrected chi connectivity index (χ2v) is 11.4. The highest BCUT2D eigenvalue weighted by molar-refractivity contribution is 6.37. The molecule has 1 aliphatic rings. The van der Waals surface area contributed by atoms with Gasteiger partial charge in [-0.3, -0.25) is 20.0 Å². The Morgan fingerprint density at radius 1 is 1.16 bits per heavy atom. The van der Waals surface area contributed by atoms with Gasteiger partial charge in [0.25, 0.3) is 5.91 Å². The molecule has 0 bridgehead atoms. The number of likely N-dealkylation sites (tertiary alicyclic amines) is 1. The van der Waals surface area contributed by atoms with Crippen LogP contribution in [0.15, 0.2) is 53.2 Å². The number of carbonyl (C=O) groups excluding carboxylic acids is 2.